The molecule has 0 aliphatic carbocycles. The molecule has 142 valence electrons. The number of hydrogen-bond donors (Lipinski definition) is 0. The summed E-state index contributed by atoms with van der Waals surface area (Å²) in [5, 5.41) is 8.39. The number of methoxy groups -OCH3 is 2. The number of carbonyl (C=O) groups excluding carboxylic acids is 1. The highest BCUT2D eigenvalue weighted by Gasteiger charge is 2.31. The third kappa shape index (κ3) is 4.02. The molecular weight excluding hydrogens is 363 g/mol. The maximum Gasteiger partial charge on any atom is 0.416 e. The monoisotopic (exact) mass is 379 g/mol. The third-order valence-electron chi connectivity index (χ3n) is 4.01. The molecule has 0 fully saturated rings. The van der Waals surface area contributed by atoms with Crippen molar-refractivity contribution < 1.29 is 27.4 Å². The van der Waals surface area contributed by atoms with Crippen LogP contribution in [0.5, 0.6) is 5.75 Å². The van der Waals surface area contributed by atoms with Crippen LogP contribution in [0.1, 0.15) is 17.5 Å². The zero-order chi connectivity index (χ0) is 19.6. The molecule has 0 amide bonds. The Morgan fingerprint density at radius 2 is 1.81 bits per heavy atom. The number of fused-ring (bicyclic) bond motifs is 1. The van der Waals surface area contributed by atoms with Gasteiger partial charge in [0.2, 0.25) is 0 Å². The average Bonchev–Trinajstić information content (AvgIpc) is 3.08. The van der Waals surface area contributed by atoms with E-state index in [2.05, 4.69) is 14.9 Å². The number of ether oxygens (including phenoxy) is 2. The first-order valence-corrected chi connectivity index (χ1v) is 8.00. The summed E-state index contributed by atoms with van der Waals surface area (Å²) in [6.45, 7) is 0. The quantitative estimate of drug-likeness (QED) is 0.635. The van der Waals surface area contributed by atoms with E-state index >= 15 is 0 Å². The van der Waals surface area contributed by atoms with Crippen LogP contribution in [-0.4, -0.2) is 35.2 Å². The third-order valence-corrected chi connectivity index (χ3v) is 4.01. The van der Waals surface area contributed by atoms with Gasteiger partial charge in [0.15, 0.2) is 0 Å². The van der Waals surface area contributed by atoms with Crippen molar-refractivity contribution in [2.24, 2.45) is 0 Å². The first-order valence-electron chi connectivity index (χ1n) is 8.00. The zero-order valence-corrected chi connectivity index (χ0v) is 14.6. The summed E-state index contributed by atoms with van der Waals surface area (Å²) in [5.41, 5.74) is 0.927. The summed E-state index contributed by atoms with van der Waals surface area (Å²) in [6, 6.07) is 8.39. The van der Waals surface area contributed by atoms with Gasteiger partial charge >= 0.3 is 12.1 Å². The second kappa shape index (κ2) is 7.26. The van der Waals surface area contributed by atoms with E-state index in [9.17, 15) is 18.0 Å². The minimum absolute atomic E-state index is 0.117. The van der Waals surface area contributed by atoms with E-state index in [-0.39, 0.29) is 17.9 Å². The number of carbonyl (C=O) groups is 1. The van der Waals surface area contributed by atoms with E-state index in [1.807, 2.05) is 0 Å². The number of nitrogens with zero attached hydrogens (tertiary/aromatic N) is 3. The summed E-state index contributed by atoms with van der Waals surface area (Å²) in [5.74, 6) is 0.114. The Bertz CT molecular complexity index is 983. The normalized spacial score (nSPS) is 11.6. The van der Waals surface area contributed by atoms with Crippen LogP contribution in [-0.2, 0) is 22.1 Å². The topological polar surface area (TPSA) is 66.2 Å². The largest absolute Gasteiger partial charge is 0.494 e. The van der Waals surface area contributed by atoms with Gasteiger partial charge in [-0.1, -0.05) is 6.07 Å². The number of alkyl halides is 3. The lowest BCUT2D eigenvalue weighted by molar-refractivity contribution is -0.140. The molecule has 6 nitrogen and oxygen atoms in total. The summed E-state index contributed by atoms with van der Waals surface area (Å²) in [6.07, 6.45) is -3.82. The van der Waals surface area contributed by atoms with E-state index in [0.717, 1.165) is 17.7 Å². The first kappa shape index (κ1) is 18.7. The predicted octanol–water partition coefficient (Wildman–Crippen LogP) is 3.55. The van der Waals surface area contributed by atoms with E-state index < -0.39 is 11.7 Å². The van der Waals surface area contributed by atoms with Gasteiger partial charge in [-0.3, -0.25) is 4.79 Å². The van der Waals surface area contributed by atoms with Gasteiger partial charge in [0, 0.05) is 6.42 Å². The molecule has 0 aliphatic heterocycles. The summed E-state index contributed by atoms with van der Waals surface area (Å²) in [4.78, 5) is 12.6. The summed E-state index contributed by atoms with van der Waals surface area (Å²) < 4.78 is 48.6. The molecule has 0 unspecified atom stereocenters. The van der Waals surface area contributed by atoms with Gasteiger partial charge in [-0.25, -0.2) is 0 Å². The molecule has 0 N–H and O–H groups in total. The number of esters is 1. The Labute approximate surface area is 152 Å². The molecule has 3 rings (SSSR count). The minimum atomic E-state index is -4.45. The van der Waals surface area contributed by atoms with Crippen LogP contribution in [0.3, 0.4) is 0 Å². The Morgan fingerprint density at radius 1 is 1.07 bits per heavy atom. The van der Waals surface area contributed by atoms with Crippen LogP contribution in [0.4, 0.5) is 13.2 Å². The second-order valence-corrected chi connectivity index (χ2v) is 5.77. The van der Waals surface area contributed by atoms with Crippen molar-refractivity contribution in [1.29, 1.82) is 0 Å². The number of aromatic nitrogens is 3. The van der Waals surface area contributed by atoms with Gasteiger partial charge in [0.1, 0.15) is 22.5 Å². The molecule has 0 radical (unpaired) electrons. The predicted molar refractivity (Wildman–Crippen MR) is 90.8 cm³/mol. The molecule has 0 atom stereocenters. The Balaban J connectivity index is 1.99. The number of hydrogen-bond acceptors (Lipinski definition) is 5. The Kier molecular flexibility index (Phi) is 5.02. The highest BCUT2D eigenvalue weighted by Crippen LogP contribution is 2.31. The lowest BCUT2D eigenvalue weighted by Crippen LogP contribution is -2.05. The van der Waals surface area contributed by atoms with Gasteiger partial charge in [-0.15, -0.1) is 15.0 Å². The lowest BCUT2D eigenvalue weighted by Gasteiger charge is -2.09. The van der Waals surface area contributed by atoms with Crippen LogP contribution in [0.25, 0.3) is 16.7 Å². The number of aryl methyl sites for hydroxylation is 1. The van der Waals surface area contributed by atoms with Crippen molar-refractivity contribution in [2.75, 3.05) is 14.2 Å². The number of benzene rings is 2. The minimum Gasteiger partial charge on any atom is -0.494 e. The average molecular weight is 379 g/mol. The van der Waals surface area contributed by atoms with Crippen molar-refractivity contribution in [3.05, 3.63) is 47.5 Å². The van der Waals surface area contributed by atoms with E-state index in [1.165, 1.54) is 25.1 Å². The zero-order valence-electron chi connectivity index (χ0n) is 14.6. The molecule has 1 heterocycles. The Hall–Kier alpha value is -3.10. The first-order chi connectivity index (χ1) is 12.8. The van der Waals surface area contributed by atoms with Crippen LogP contribution < -0.4 is 4.74 Å². The molecule has 2 aromatic carbocycles. The fourth-order valence-corrected chi connectivity index (χ4v) is 2.59. The van der Waals surface area contributed by atoms with Gasteiger partial charge in [-0.2, -0.15) is 13.2 Å². The second-order valence-electron chi connectivity index (χ2n) is 5.77. The maximum atomic E-state index is 12.9. The molecule has 1 aromatic heterocycles. The van der Waals surface area contributed by atoms with Crippen molar-refractivity contribution in [1.82, 2.24) is 15.0 Å². The molecular formula is C18H16F3N3O3. The van der Waals surface area contributed by atoms with Crippen LogP contribution in [0, 0.1) is 0 Å². The van der Waals surface area contributed by atoms with Crippen LogP contribution in [0.2, 0.25) is 0 Å². The van der Waals surface area contributed by atoms with Crippen LogP contribution >= 0.6 is 0 Å². The van der Waals surface area contributed by atoms with Crippen molar-refractivity contribution in [2.45, 2.75) is 19.0 Å². The molecule has 0 saturated heterocycles. The maximum absolute atomic E-state index is 12.9. The molecule has 0 spiro atoms. The van der Waals surface area contributed by atoms with Crippen LogP contribution in [0.15, 0.2) is 36.4 Å². The van der Waals surface area contributed by atoms with Gasteiger partial charge in [-0.05, 0) is 42.3 Å². The molecule has 9 heteroatoms. The molecule has 27 heavy (non-hydrogen) atoms. The highest BCUT2D eigenvalue weighted by atomic mass is 19.4. The van der Waals surface area contributed by atoms with Crippen molar-refractivity contribution in [3.63, 3.8) is 0 Å². The number of halogens is 3. The van der Waals surface area contributed by atoms with E-state index in [0.29, 0.717) is 23.4 Å². The van der Waals surface area contributed by atoms with Gasteiger partial charge in [0.05, 0.1) is 19.8 Å². The van der Waals surface area contributed by atoms with E-state index in [4.69, 9.17) is 4.74 Å². The van der Waals surface area contributed by atoms with Crippen molar-refractivity contribution in [3.8, 4) is 11.4 Å². The molecule has 0 bridgehead atoms. The SMILES string of the molecule is COC(=O)CCc1ccc(OC)c(-n2nc3ccc(C(F)(F)F)cc3n2)c1. The van der Waals surface area contributed by atoms with E-state index in [1.54, 1.807) is 18.2 Å². The fraction of sp³-hybridized carbons (Fsp3) is 0.278. The highest BCUT2D eigenvalue weighted by molar-refractivity contribution is 5.75. The lowest BCUT2D eigenvalue weighted by atomic mass is 10.1. The fourth-order valence-electron chi connectivity index (χ4n) is 2.59. The standard InChI is InChI=1S/C18H16F3N3O3/c1-26-16-7-3-11(4-8-17(25)27-2)9-15(16)24-22-13-6-5-12(18(19,20)21)10-14(13)23-24/h3,5-7,9-10H,4,8H2,1-2H3. The molecule has 3 aromatic rings. The summed E-state index contributed by atoms with van der Waals surface area (Å²) >= 11 is 0. The Morgan fingerprint density at radius 3 is 2.48 bits per heavy atom. The summed E-state index contributed by atoms with van der Waals surface area (Å²) in [7, 11) is 2.79. The van der Waals surface area contributed by atoms with Gasteiger partial charge in [0.25, 0.3) is 0 Å². The van der Waals surface area contributed by atoms with Gasteiger partial charge < -0.3 is 9.47 Å². The number of rotatable bonds is 5. The molecule has 0 aliphatic rings. The van der Waals surface area contributed by atoms with Crippen molar-refractivity contribution >= 4 is 17.0 Å². The molecule has 0 saturated carbocycles. The smallest absolute Gasteiger partial charge is 0.416 e.